The minimum atomic E-state index is -0.00759. The largest absolute Gasteiger partial charge is 0.396 e. The van der Waals surface area contributed by atoms with E-state index < -0.39 is 0 Å². The monoisotopic (exact) mass is 347 g/mol. The van der Waals surface area contributed by atoms with Gasteiger partial charge in [0.25, 0.3) is 0 Å². The second-order valence-electron chi connectivity index (χ2n) is 4.72. The predicted octanol–water partition coefficient (Wildman–Crippen LogP) is 2.21. The highest BCUT2D eigenvalue weighted by atomic mass is 79.9. The molecular weight excluding hydrogens is 330 g/mol. The molecule has 7 heteroatoms. The zero-order valence-electron chi connectivity index (χ0n) is 10.6. The molecule has 0 bridgehead atoms. The maximum atomic E-state index is 12.0. The Morgan fingerprint density at radius 1 is 1.68 bits per heavy atom. The zero-order chi connectivity index (χ0) is 13.7. The molecule has 0 spiro atoms. The van der Waals surface area contributed by atoms with Crippen LogP contribution in [0.5, 0.6) is 0 Å². The lowest BCUT2D eigenvalue weighted by atomic mass is 10.0. The summed E-state index contributed by atoms with van der Waals surface area (Å²) in [5, 5.41) is 11.7. The van der Waals surface area contributed by atoms with Gasteiger partial charge in [0.1, 0.15) is 0 Å². The molecule has 2 N–H and O–H groups in total. The maximum absolute atomic E-state index is 12.0. The molecular formula is C12H18BrN3O2S. The number of rotatable bonds is 5. The maximum Gasteiger partial charge on any atom is 0.317 e. The van der Waals surface area contributed by atoms with Gasteiger partial charge < -0.3 is 15.3 Å². The smallest absolute Gasteiger partial charge is 0.317 e. The number of hydrogen-bond acceptors (Lipinski definition) is 4. The predicted molar refractivity (Wildman–Crippen MR) is 78.0 cm³/mol. The third-order valence-corrected chi connectivity index (χ3v) is 5.08. The Kier molecular flexibility index (Phi) is 5.59. The fraction of sp³-hybridized carbons (Fsp3) is 0.667. The lowest BCUT2D eigenvalue weighted by Gasteiger charge is -2.17. The Labute approximate surface area is 125 Å². The fourth-order valence-electron chi connectivity index (χ4n) is 2.27. The van der Waals surface area contributed by atoms with Crippen LogP contribution in [0, 0.1) is 5.92 Å². The number of aliphatic hydroxyl groups is 1. The van der Waals surface area contributed by atoms with E-state index in [0.29, 0.717) is 12.5 Å². The molecule has 2 amide bonds. The van der Waals surface area contributed by atoms with Crippen LogP contribution in [0.3, 0.4) is 0 Å². The van der Waals surface area contributed by atoms with Crippen molar-refractivity contribution in [3.8, 4) is 0 Å². The summed E-state index contributed by atoms with van der Waals surface area (Å²) in [6, 6.07) is -0.00759. The Bertz CT molecular complexity index is 427. The molecule has 1 aliphatic heterocycles. The van der Waals surface area contributed by atoms with E-state index in [2.05, 4.69) is 25.6 Å². The minimum Gasteiger partial charge on any atom is -0.396 e. The Morgan fingerprint density at radius 3 is 3.21 bits per heavy atom. The molecule has 106 valence electrons. The van der Waals surface area contributed by atoms with Crippen LogP contribution in [0.15, 0.2) is 10.7 Å². The first-order chi connectivity index (χ1) is 9.20. The molecule has 1 aliphatic rings. The number of halogens is 1. The van der Waals surface area contributed by atoms with E-state index in [1.165, 1.54) is 11.5 Å². The molecule has 2 rings (SSSR count). The van der Waals surface area contributed by atoms with Crippen LogP contribution in [-0.4, -0.2) is 40.1 Å². The average molecular weight is 348 g/mol. The van der Waals surface area contributed by atoms with Gasteiger partial charge in [-0.1, -0.05) is 0 Å². The first-order valence-corrected chi connectivity index (χ1v) is 8.00. The summed E-state index contributed by atoms with van der Waals surface area (Å²) >= 11 is 4.79. The van der Waals surface area contributed by atoms with Crippen LogP contribution >= 0.6 is 27.5 Å². The van der Waals surface area contributed by atoms with Crippen molar-refractivity contribution in [3.05, 3.63) is 15.5 Å². The van der Waals surface area contributed by atoms with Crippen molar-refractivity contribution in [3.63, 3.8) is 0 Å². The van der Waals surface area contributed by atoms with Crippen molar-refractivity contribution in [2.24, 2.45) is 5.92 Å². The number of amides is 2. The van der Waals surface area contributed by atoms with E-state index in [0.717, 1.165) is 41.7 Å². The Morgan fingerprint density at radius 2 is 2.53 bits per heavy atom. The second-order valence-corrected chi connectivity index (χ2v) is 6.46. The number of aromatic nitrogens is 1. The van der Waals surface area contributed by atoms with E-state index in [-0.39, 0.29) is 12.6 Å². The van der Waals surface area contributed by atoms with E-state index in [1.807, 2.05) is 4.90 Å². The SMILES string of the molecule is O=C(NCc1sncc1Br)N1CCC(CCCO)C1. The van der Waals surface area contributed by atoms with E-state index in [4.69, 9.17) is 5.11 Å². The van der Waals surface area contributed by atoms with Crippen LogP contribution in [0.2, 0.25) is 0 Å². The molecule has 0 saturated carbocycles. The van der Waals surface area contributed by atoms with Crippen molar-refractivity contribution in [1.29, 1.82) is 0 Å². The van der Waals surface area contributed by atoms with Crippen LogP contribution in [0.25, 0.3) is 0 Å². The van der Waals surface area contributed by atoms with Gasteiger partial charge in [0.05, 0.1) is 22.1 Å². The van der Waals surface area contributed by atoms with Gasteiger partial charge in [-0.25, -0.2) is 4.79 Å². The molecule has 1 fully saturated rings. The van der Waals surface area contributed by atoms with Gasteiger partial charge in [0.15, 0.2) is 0 Å². The molecule has 19 heavy (non-hydrogen) atoms. The van der Waals surface area contributed by atoms with Gasteiger partial charge >= 0.3 is 6.03 Å². The van der Waals surface area contributed by atoms with E-state index in [9.17, 15) is 4.79 Å². The molecule has 1 aromatic heterocycles. The van der Waals surface area contributed by atoms with Crippen molar-refractivity contribution < 1.29 is 9.90 Å². The first kappa shape index (κ1) is 14.7. The molecule has 0 aliphatic carbocycles. The summed E-state index contributed by atoms with van der Waals surface area (Å²) in [6.45, 7) is 2.37. The molecule has 1 saturated heterocycles. The van der Waals surface area contributed by atoms with Gasteiger partial charge in [0, 0.05) is 19.7 Å². The quantitative estimate of drug-likeness (QED) is 0.858. The summed E-state index contributed by atoms with van der Waals surface area (Å²) in [6.07, 6.45) is 4.61. The molecule has 1 atom stereocenters. The lowest BCUT2D eigenvalue weighted by molar-refractivity contribution is 0.205. The van der Waals surface area contributed by atoms with Crippen molar-refractivity contribution in [1.82, 2.24) is 14.6 Å². The number of aliphatic hydroxyl groups excluding tert-OH is 1. The van der Waals surface area contributed by atoms with Crippen LogP contribution in [-0.2, 0) is 6.54 Å². The van der Waals surface area contributed by atoms with Gasteiger partial charge in [-0.3, -0.25) is 0 Å². The molecule has 2 heterocycles. The van der Waals surface area contributed by atoms with Crippen molar-refractivity contribution in [2.75, 3.05) is 19.7 Å². The van der Waals surface area contributed by atoms with E-state index >= 15 is 0 Å². The fourth-order valence-corrected chi connectivity index (χ4v) is 3.43. The standard InChI is InChI=1S/C12H18BrN3O2S/c13-10-6-15-19-11(10)7-14-12(18)16-4-3-9(8-16)2-1-5-17/h6,9,17H,1-5,7-8H2,(H,14,18). The Hall–Kier alpha value is -0.660. The molecule has 0 radical (unpaired) electrons. The van der Waals surface area contributed by atoms with Crippen molar-refractivity contribution in [2.45, 2.75) is 25.8 Å². The lowest BCUT2D eigenvalue weighted by Crippen LogP contribution is -2.38. The molecule has 1 unspecified atom stereocenters. The van der Waals surface area contributed by atoms with E-state index in [1.54, 1.807) is 6.20 Å². The number of nitrogens with one attached hydrogen (secondary N) is 1. The normalized spacial score (nSPS) is 18.8. The topological polar surface area (TPSA) is 65.5 Å². The van der Waals surface area contributed by atoms with Gasteiger partial charge in [-0.2, -0.15) is 4.37 Å². The minimum absolute atomic E-state index is 0.00759. The number of hydrogen-bond donors (Lipinski definition) is 2. The van der Waals surface area contributed by atoms with Crippen LogP contribution in [0.1, 0.15) is 24.1 Å². The molecule has 0 aromatic carbocycles. The van der Waals surface area contributed by atoms with Crippen LogP contribution in [0.4, 0.5) is 4.79 Å². The third-order valence-electron chi connectivity index (χ3n) is 3.34. The summed E-state index contributed by atoms with van der Waals surface area (Å²) in [5.41, 5.74) is 0. The second kappa shape index (κ2) is 7.21. The van der Waals surface area contributed by atoms with Gasteiger partial charge in [0.2, 0.25) is 0 Å². The van der Waals surface area contributed by atoms with Gasteiger partial charge in [-0.05, 0) is 52.6 Å². The summed E-state index contributed by atoms with van der Waals surface area (Å²) in [5.74, 6) is 0.535. The van der Waals surface area contributed by atoms with Crippen LogP contribution < -0.4 is 5.32 Å². The Balaban J connectivity index is 1.74. The molecule has 5 nitrogen and oxygen atoms in total. The number of urea groups is 1. The first-order valence-electron chi connectivity index (χ1n) is 6.43. The highest BCUT2D eigenvalue weighted by Gasteiger charge is 2.25. The summed E-state index contributed by atoms with van der Waals surface area (Å²) in [7, 11) is 0. The highest BCUT2D eigenvalue weighted by Crippen LogP contribution is 2.22. The number of carbonyl (C=O) groups is 1. The summed E-state index contributed by atoms with van der Waals surface area (Å²) < 4.78 is 4.99. The van der Waals surface area contributed by atoms with Gasteiger partial charge in [-0.15, -0.1) is 0 Å². The summed E-state index contributed by atoms with van der Waals surface area (Å²) in [4.78, 5) is 14.9. The number of likely N-dealkylation sites (tertiary alicyclic amines) is 1. The average Bonchev–Trinajstić information content (AvgIpc) is 3.03. The zero-order valence-corrected chi connectivity index (χ0v) is 13.0. The number of nitrogens with zero attached hydrogens (tertiary/aromatic N) is 2. The third kappa shape index (κ3) is 4.15. The molecule has 1 aromatic rings. The van der Waals surface area contributed by atoms with Crippen molar-refractivity contribution >= 4 is 33.5 Å². The highest BCUT2D eigenvalue weighted by molar-refractivity contribution is 9.10. The number of carbonyl (C=O) groups excluding carboxylic acids is 1.